The molecule has 1 aromatic heterocycles. The Kier molecular flexibility index (Phi) is 8.63. The number of allylic oxidation sites excluding steroid dienone is 1. The van der Waals surface area contributed by atoms with E-state index in [1.54, 1.807) is 57.4 Å². The molecule has 0 amide bonds. The first-order valence-electron chi connectivity index (χ1n) is 12.8. The lowest BCUT2D eigenvalue weighted by Gasteiger charge is -2.25. The first-order chi connectivity index (χ1) is 19.8. The predicted molar refractivity (Wildman–Crippen MR) is 161 cm³/mol. The summed E-state index contributed by atoms with van der Waals surface area (Å²) >= 11 is 14.0. The van der Waals surface area contributed by atoms with Crippen LogP contribution < -0.4 is 24.4 Å². The van der Waals surface area contributed by atoms with Crippen molar-refractivity contribution in [3.05, 3.63) is 124 Å². The summed E-state index contributed by atoms with van der Waals surface area (Å²) in [5.74, 6) is 0.451. The molecule has 0 N–H and O–H groups in total. The lowest BCUT2D eigenvalue weighted by Crippen LogP contribution is -2.40. The second-order valence-corrected chi connectivity index (χ2v) is 11.0. The van der Waals surface area contributed by atoms with Gasteiger partial charge in [0.25, 0.3) is 5.56 Å². The zero-order chi connectivity index (χ0) is 29.1. The summed E-state index contributed by atoms with van der Waals surface area (Å²) in [5, 5.41) is 1.03. The van der Waals surface area contributed by atoms with E-state index in [9.17, 15) is 9.59 Å². The number of fused-ring (bicyclic) bond motifs is 1. The number of carbonyl (C=O) groups is 1. The number of aromatic nitrogens is 1. The van der Waals surface area contributed by atoms with Gasteiger partial charge in [0.15, 0.2) is 16.3 Å². The number of rotatable bonds is 8. The number of benzene rings is 3. The summed E-state index contributed by atoms with van der Waals surface area (Å²) in [5.41, 5.74) is 2.55. The highest BCUT2D eigenvalue weighted by Gasteiger charge is 2.34. The monoisotopic (exact) mass is 608 g/mol. The lowest BCUT2D eigenvalue weighted by molar-refractivity contribution is -0.139. The molecule has 4 aromatic rings. The second-order valence-electron chi connectivity index (χ2n) is 9.12. The molecule has 5 rings (SSSR count). The fourth-order valence-corrected chi connectivity index (χ4v) is 6.16. The highest BCUT2D eigenvalue weighted by molar-refractivity contribution is 7.07. The minimum atomic E-state index is -0.801. The molecule has 3 aromatic carbocycles. The van der Waals surface area contributed by atoms with Crippen LogP contribution in [0.3, 0.4) is 0 Å². The molecule has 0 bridgehead atoms. The maximum atomic E-state index is 14.0. The number of nitrogens with zero attached hydrogens (tertiary/aromatic N) is 2. The van der Waals surface area contributed by atoms with Crippen LogP contribution in [0.15, 0.2) is 87.8 Å². The van der Waals surface area contributed by atoms with Gasteiger partial charge in [0.2, 0.25) is 0 Å². The van der Waals surface area contributed by atoms with Crippen LogP contribution in [0.1, 0.15) is 36.6 Å². The Morgan fingerprint density at radius 1 is 1.10 bits per heavy atom. The smallest absolute Gasteiger partial charge is 0.338 e. The molecule has 0 saturated heterocycles. The fourth-order valence-electron chi connectivity index (χ4n) is 4.67. The maximum Gasteiger partial charge on any atom is 0.338 e. The second kappa shape index (κ2) is 12.3. The molecule has 1 aliphatic rings. The van der Waals surface area contributed by atoms with Crippen LogP contribution in [0.2, 0.25) is 10.0 Å². The third-order valence-electron chi connectivity index (χ3n) is 6.50. The van der Waals surface area contributed by atoms with Gasteiger partial charge in [-0.1, -0.05) is 77.0 Å². The Labute approximate surface area is 250 Å². The zero-order valence-electron chi connectivity index (χ0n) is 22.5. The molecule has 7 nitrogen and oxygen atoms in total. The van der Waals surface area contributed by atoms with E-state index in [4.69, 9.17) is 37.4 Å². The molecule has 0 aliphatic carbocycles. The van der Waals surface area contributed by atoms with Crippen LogP contribution in [0.5, 0.6) is 11.5 Å². The number of carbonyl (C=O) groups excluding carboxylic acids is 1. The van der Waals surface area contributed by atoms with E-state index >= 15 is 0 Å². The molecular formula is C31H26Cl2N2O5S. The molecule has 210 valence electrons. The average Bonchev–Trinajstić information content (AvgIpc) is 3.26. The van der Waals surface area contributed by atoms with Crippen LogP contribution in [0.25, 0.3) is 6.08 Å². The number of esters is 1. The van der Waals surface area contributed by atoms with Crippen LogP contribution in [-0.2, 0) is 16.1 Å². The third-order valence-corrected chi connectivity index (χ3v) is 8.07. The Morgan fingerprint density at radius 3 is 2.61 bits per heavy atom. The van der Waals surface area contributed by atoms with Gasteiger partial charge in [-0.25, -0.2) is 9.79 Å². The molecule has 41 heavy (non-hydrogen) atoms. The number of para-hydroxylation sites is 1. The molecule has 2 heterocycles. The minimum Gasteiger partial charge on any atom is -0.493 e. The molecule has 0 radical (unpaired) electrons. The van der Waals surface area contributed by atoms with Gasteiger partial charge in [-0.3, -0.25) is 9.36 Å². The molecule has 10 heteroatoms. The average molecular weight is 610 g/mol. The molecule has 0 saturated carbocycles. The van der Waals surface area contributed by atoms with E-state index in [1.165, 1.54) is 15.9 Å². The van der Waals surface area contributed by atoms with E-state index in [1.807, 2.05) is 36.4 Å². The summed E-state index contributed by atoms with van der Waals surface area (Å²) < 4.78 is 19.0. The van der Waals surface area contributed by atoms with Crippen molar-refractivity contribution in [3.8, 4) is 11.5 Å². The van der Waals surface area contributed by atoms with E-state index in [2.05, 4.69) is 4.99 Å². The predicted octanol–water partition coefficient (Wildman–Crippen LogP) is 5.69. The SMILES string of the molecule is CCOC(=O)C1=C(C)N=c2s/c(=C\c3cccc(OC)c3OCc3cccc(Cl)c3)c(=O)n2[C@H]1c1ccccc1Cl. The van der Waals surface area contributed by atoms with Crippen molar-refractivity contribution in [1.82, 2.24) is 4.57 Å². The minimum absolute atomic E-state index is 0.184. The summed E-state index contributed by atoms with van der Waals surface area (Å²) in [6.07, 6.45) is 1.74. The molecular weight excluding hydrogens is 583 g/mol. The summed E-state index contributed by atoms with van der Waals surface area (Å²) in [6, 6.07) is 19.2. The quantitative estimate of drug-likeness (QED) is 0.240. The van der Waals surface area contributed by atoms with E-state index in [0.29, 0.717) is 47.7 Å². The normalized spacial score (nSPS) is 14.9. The van der Waals surface area contributed by atoms with Gasteiger partial charge in [-0.15, -0.1) is 0 Å². The Morgan fingerprint density at radius 2 is 1.88 bits per heavy atom. The van der Waals surface area contributed by atoms with Gasteiger partial charge >= 0.3 is 5.97 Å². The van der Waals surface area contributed by atoms with Crippen LogP contribution in [0.4, 0.5) is 0 Å². The Bertz CT molecular complexity index is 1840. The van der Waals surface area contributed by atoms with E-state index in [0.717, 1.165) is 5.56 Å². The molecule has 0 fully saturated rings. The molecule has 1 atom stereocenters. The Hall–Kier alpha value is -3.85. The van der Waals surface area contributed by atoms with Crippen LogP contribution >= 0.6 is 34.5 Å². The van der Waals surface area contributed by atoms with Gasteiger partial charge in [-0.2, -0.15) is 0 Å². The number of hydrogen-bond donors (Lipinski definition) is 0. The van der Waals surface area contributed by atoms with Crippen molar-refractivity contribution < 1.29 is 19.0 Å². The third kappa shape index (κ3) is 5.81. The fraction of sp³-hybridized carbons (Fsp3) is 0.194. The summed E-state index contributed by atoms with van der Waals surface area (Å²) in [7, 11) is 1.56. The number of hydrogen-bond acceptors (Lipinski definition) is 7. The van der Waals surface area contributed by atoms with Gasteiger partial charge in [0, 0.05) is 15.6 Å². The van der Waals surface area contributed by atoms with Gasteiger partial charge < -0.3 is 14.2 Å². The van der Waals surface area contributed by atoms with Crippen molar-refractivity contribution in [1.29, 1.82) is 0 Å². The van der Waals surface area contributed by atoms with Crippen molar-refractivity contribution >= 4 is 46.6 Å². The number of ether oxygens (including phenoxy) is 3. The van der Waals surface area contributed by atoms with Gasteiger partial charge in [0.1, 0.15) is 12.6 Å². The Balaban J connectivity index is 1.65. The van der Waals surface area contributed by atoms with E-state index < -0.39 is 12.0 Å². The first-order valence-corrected chi connectivity index (χ1v) is 14.4. The first kappa shape index (κ1) is 28.7. The van der Waals surface area contributed by atoms with E-state index in [-0.39, 0.29) is 24.3 Å². The maximum absolute atomic E-state index is 14.0. The highest BCUT2D eigenvalue weighted by atomic mass is 35.5. The summed E-state index contributed by atoms with van der Waals surface area (Å²) in [4.78, 5) is 32.2. The van der Waals surface area contributed by atoms with Crippen LogP contribution in [0, 0.1) is 0 Å². The molecule has 0 spiro atoms. The number of thiazole rings is 1. The summed E-state index contributed by atoms with van der Waals surface area (Å²) in [6.45, 7) is 3.89. The van der Waals surface area contributed by atoms with Crippen LogP contribution in [-0.4, -0.2) is 24.3 Å². The largest absolute Gasteiger partial charge is 0.493 e. The highest BCUT2D eigenvalue weighted by Crippen LogP contribution is 2.35. The van der Waals surface area contributed by atoms with Crippen molar-refractivity contribution in [3.63, 3.8) is 0 Å². The molecule has 1 aliphatic heterocycles. The standard InChI is InChI=1S/C31H26Cl2N2O5S/c1-4-39-30(37)26-18(2)34-31-35(27(26)22-12-5-6-13-23(22)33)29(36)25(41-31)16-20-10-8-14-24(38-3)28(20)40-17-19-9-7-11-21(32)15-19/h5-16,27H,4,17H2,1-3H3/b25-16-/t27-/m0/s1. The van der Waals surface area contributed by atoms with Gasteiger partial charge in [0.05, 0.1) is 29.5 Å². The number of halogens is 2. The van der Waals surface area contributed by atoms with Crippen molar-refractivity contribution in [2.45, 2.75) is 26.5 Å². The zero-order valence-corrected chi connectivity index (χ0v) is 24.8. The topological polar surface area (TPSA) is 79.1 Å². The lowest BCUT2D eigenvalue weighted by atomic mass is 9.96. The molecule has 0 unspecified atom stereocenters. The van der Waals surface area contributed by atoms with Crippen molar-refractivity contribution in [2.75, 3.05) is 13.7 Å². The number of methoxy groups -OCH3 is 1. The van der Waals surface area contributed by atoms with Gasteiger partial charge in [-0.05, 0) is 55.3 Å². The van der Waals surface area contributed by atoms with Crippen molar-refractivity contribution in [2.24, 2.45) is 4.99 Å².